The first-order valence-electron chi connectivity index (χ1n) is 8.68. The Labute approximate surface area is 156 Å². The van der Waals surface area contributed by atoms with Crippen LogP contribution in [0.4, 0.5) is 4.39 Å². The molecular formula is C20H22FN3O3. The highest BCUT2D eigenvalue weighted by Crippen LogP contribution is 2.21. The van der Waals surface area contributed by atoms with Gasteiger partial charge in [0.2, 0.25) is 0 Å². The van der Waals surface area contributed by atoms with Gasteiger partial charge in [-0.05, 0) is 39.0 Å². The number of Topliss-reactive ketones (excluding diaryl/α,β-unsaturated/α-hetero) is 1. The third-order valence-corrected chi connectivity index (χ3v) is 4.73. The number of carbonyl (C=O) groups excluding carboxylic acids is 1. The maximum atomic E-state index is 13.3. The van der Waals surface area contributed by atoms with E-state index in [1.54, 1.807) is 7.11 Å². The number of nitrogens with zero attached hydrogens (tertiary/aromatic N) is 3. The number of hydrogen-bond acceptors (Lipinski definition) is 4. The second-order valence-electron chi connectivity index (χ2n) is 6.72. The lowest BCUT2D eigenvalue weighted by Gasteiger charge is -2.17. The molecule has 3 aromatic rings. The minimum Gasteiger partial charge on any atom is -0.383 e. The number of halogens is 1. The lowest BCUT2D eigenvalue weighted by molar-refractivity contribution is 0.0969. The Balaban J connectivity index is 1.93. The van der Waals surface area contributed by atoms with Crippen LogP contribution in [-0.4, -0.2) is 33.6 Å². The third-order valence-electron chi connectivity index (χ3n) is 4.73. The standard InChI is InChI=1S/C20H22FN3O3/c1-12-7-17(14(3)24(12)13(2)10-27-4)19(25)9-23-11-22-18-8-15(21)5-6-16(18)20(23)26/h5-8,11,13H,9-10H2,1-4H3. The minimum absolute atomic E-state index is 0.0940. The molecular weight excluding hydrogens is 349 g/mol. The topological polar surface area (TPSA) is 66.1 Å². The highest BCUT2D eigenvalue weighted by molar-refractivity contribution is 5.97. The molecule has 0 saturated heterocycles. The van der Waals surface area contributed by atoms with Gasteiger partial charge in [-0.25, -0.2) is 9.37 Å². The normalized spacial score (nSPS) is 12.5. The van der Waals surface area contributed by atoms with Gasteiger partial charge in [0.25, 0.3) is 5.56 Å². The van der Waals surface area contributed by atoms with Crippen molar-refractivity contribution in [1.29, 1.82) is 0 Å². The molecule has 0 aliphatic carbocycles. The van der Waals surface area contributed by atoms with Crippen LogP contribution in [0.5, 0.6) is 0 Å². The van der Waals surface area contributed by atoms with E-state index in [2.05, 4.69) is 9.55 Å². The molecule has 1 aromatic carbocycles. The van der Waals surface area contributed by atoms with Crippen molar-refractivity contribution < 1.29 is 13.9 Å². The zero-order valence-electron chi connectivity index (χ0n) is 15.8. The van der Waals surface area contributed by atoms with Gasteiger partial charge < -0.3 is 9.30 Å². The van der Waals surface area contributed by atoms with Gasteiger partial charge in [-0.15, -0.1) is 0 Å². The number of aryl methyl sites for hydroxylation is 1. The van der Waals surface area contributed by atoms with Gasteiger partial charge in [0.1, 0.15) is 5.82 Å². The van der Waals surface area contributed by atoms with Crippen molar-refractivity contribution in [3.05, 3.63) is 63.7 Å². The van der Waals surface area contributed by atoms with E-state index >= 15 is 0 Å². The molecule has 7 heteroatoms. The van der Waals surface area contributed by atoms with Crippen molar-refractivity contribution in [2.45, 2.75) is 33.4 Å². The van der Waals surface area contributed by atoms with Crippen molar-refractivity contribution in [1.82, 2.24) is 14.1 Å². The lowest BCUT2D eigenvalue weighted by Crippen LogP contribution is -2.25. The molecule has 0 N–H and O–H groups in total. The van der Waals surface area contributed by atoms with Gasteiger partial charge in [0, 0.05) is 30.1 Å². The van der Waals surface area contributed by atoms with E-state index in [1.807, 2.05) is 26.8 Å². The van der Waals surface area contributed by atoms with Gasteiger partial charge in [-0.3, -0.25) is 14.2 Å². The Morgan fingerprint density at radius 2 is 2.04 bits per heavy atom. The molecule has 0 fully saturated rings. The first kappa shape index (κ1) is 19.0. The highest BCUT2D eigenvalue weighted by atomic mass is 19.1. The number of aromatic nitrogens is 3. The van der Waals surface area contributed by atoms with Crippen LogP contribution in [0, 0.1) is 19.7 Å². The van der Waals surface area contributed by atoms with E-state index in [1.165, 1.54) is 29.1 Å². The maximum Gasteiger partial charge on any atom is 0.261 e. The Morgan fingerprint density at radius 3 is 2.74 bits per heavy atom. The lowest BCUT2D eigenvalue weighted by atomic mass is 10.1. The molecule has 1 atom stereocenters. The number of ether oxygens (including phenoxy) is 1. The van der Waals surface area contributed by atoms with E-state index < -0.39 is 5.82 Å². The van der Waals surface area contributed by atoms with Crippen LogP contribution in [0.2, 0.25) is 0 Å². The van der Waals surface area contributed by atoms with E-state index in [9.17, 15) is 14.0 Å². The molecule has 3 rings (SSSR count). The second-order valence-corrected chi connectivity index (χ2v) is 6.72. The summed E-state index contributed by atoms with van der Waals surface area (Å²) in [4.78, 5) is 29.5. The van der Waals surface area contributed by atoms with Crippen LogP contribution in [0.15, 0.2) is 35.4 Å². The summed E-state index contributed by atoms with van der Waals surface area (Å²) in [5, 5.41) is 0.283. The number of rotatable bonds is 6. The van der Waals surface area contributed by atoms with Crippen LogP contribution >= 0.6 is 0 Å². The fourth-order valence-corrected chi connectivity index (χ4v) is 3.54. The molecule has 1 unspecified atom stereocenters. The number of hydrogen-bond donors (Lipinski definition) is 0. The quantitative estimate of drug-likeness (QED) is 0.625. The maximum absolute atomic E-state index is 13.3. The van der Waals surface area contributed by atoms with E-state index in [0.717, 1.165) is 11.4 Å². The molecule has 142 valence electrons. The Kier molecular flexibility index (Phi) is 5.23. The van der Waals surface area contributed by atoms with Crippen molar-refractivity contribution in [3.63, 3.8) is 0 Å². The summed E-state index contributed by atoms with van der Waals surface area (Å²) in [7, 11) is 1.64. The van der Waals surface area contributed by atoms with E-state index in [0.29, 0.717) is 12.2 Å². The highest BCUT2D eigenvalue weighted by Gasteiger charge is 2.19. The molecule has 6 nitrogen and oxygen atoms in total. The number of fused-ring (bicyclic) bond motifs is 1. The summed E-state index contributed by atoms with van der Waals surface area (Å²) >= 11 is 0. The monoisotopic (exact) mass is 371 g/mol. The Bertz CT molecular complexity index is 1070. The summed E-state index contributed by atoms with van der Waals surface area (Å²) in [5.41, 5.74) is 2.28. The third kappa shape index (κ3) is 3.55. The molecule has 27 heavy (non-hydrogen) atoms. The van der Waals surface area contributed by atoms with Crippen molar-refractivity contribution in [2.75, 3.05) is 13.7 Å². The summed E-state index contributed by atoms with van der Waals surface area (Å²) < 4.78 is 21.8. The summed E-state index contributed by atoms with van der Waals surface area (Å²) in [6.45, 7) is 6.26. The SMILES string of the molecule is COCC(C)n1c(C)cc(C(=O)Cn2cnc3cc(F)ccc3c2=O)c1C. The Hall–Kier alpha value is -2.80. The van der Waals surface area contributed by atoms with Gasteiger partial charge in [0.05, 0.1) is 36.4 Å². The first-order valence-corrected chi connectivity index (χ1v) is 8.68. The van der Waals surface area contributed by atoms with Crippen LogP contribution in [0.25, 0.3) is 10.9 Å². The van der Waals surface area contributed by atoms with Gasteiger partial charge >= 0.3 is 0 Å². The van der Waals surface area contributed by atoms with Gasteiger partial charge in [-0.2, -0.15) is 0 Å². The van der Waals surface area contributed by atoms with Crippen LogP contribution in [-0.2, 0) is 11.3 Å². The molecule has 2 heterocycles. The summed E-state index contributed by atoms with van der Waals surface area (Å²) in [6.07, 6.45) is 1.29. The first-order chi connectivity index (χ1) is 12.8. The fraction of sp³-hybridized carbons (Fsp3) is 0.350. The van der Waals surface area contributed by atoms with E-state index in [-0.39, 0.29) is 34.8 Å². The molecule has 0 bridgehead atoms. The Morgan fingerprint density at radius 1 is 1.30 bits per heavy atom. The summed E-state index contributed by atoms with van der Waals surface area (Å²) in [5.74, 6) is -0.634. The molecule has 0 amide bonds. The zero-order chi connectivity index (χ0) is 19.7. The van der Waals surface area contributed by atoms with Gasteiger partial charge in [0.15, 0.2) is 5.78 Å². The smallest absolute Gasteiger partial charge is 0.261 e. The molecule has 0 aliphatic rings. The number of benzene rings is 1. The molecule has 0 spiro atoms. The predicted octanol–water partition coefficient (Wildman–Crippen LogP) is 3.04. The van der Waals surface area contributed by atoms with Crippen molar-refractivity contribution in [3.8, 4) is 0 Å². The van der Waals surface area contributed by atoms with Gasteiger partial charge in [-0.1, -0.05) is 0 Å². The summed E-state index contributed by atoms with van der Waals surface area (Å²) in [6, 6.07) is 5.73. The largest absolute Gasteiger partial charge is 0.383 e. The minimum atomic E-state index is -0.458. The van der Waals surface area contributed by atoms with Crippen LogP contribution < -0.4 is 5.56 Å². The molecule has 0 radical (unpaired) electrons. The molecule has 2 aromatic heterocycles. The zero-order valence-corrected chi connectivity index (χ0v) is 15.8. The van der Waals surface area contributed by atoms with Crippen molar-refractivity contribution in [2.24, 2.45) is 0 Å². The second kappa shape index (κ2) is 7.44. The van der Waals surface area contributed by atoms with Crippen molar-refractivity contribution >= 4 is 16.7 Å². The van der Waals surface area contributed by atoms with Crippen LogP contribution in [0.3, 0.4) is 0 Å². The van der Waals surface area contributed by atoms with E-state index in [4.69, 9.17) is 4.74 Å². The fourth-order valence-electron chi connectivity index (χ4n) is 3.54. The number of ketones is 1. The average Bonchev–Trinajstić information content (AvgIpc) is 2.92. The molecule has 0 saturated carbocycles. The predicted molar refractivity (Wildman–Crippen MR) is 101 cm³/mol. The number of carbonyl (C=O) groups is 1. The average molecular weight is 371 g/mol. The van der Waals surface area contributed by atoms with Crippen LogP contribution in [0.1, 0.15) is 34.7 Å². The molecule has 0 aliphatic heterocycles. The number of methoxy groups -OCH3 is 1.